The second-order valence-electron chi connectivity index (χ2n) is 9.92. The maximum absolute atomic E-state index is 5.10. The van der Waals surface area contributed by atoms with Crippen molar-refractivity contribution in [1.29, 1.82) is 0 Å². The van der Waals surface area contributed by atoms with E-state index >= 15 is 0 Å². The highest BCUT2D eigenvalue weighted by atomic mass is 15.4. The molecule has 210 valence electrons. The molecule has 5 aromatic carbocycles. The second-order valence-corrected chi connectivity index (χ2v) is 9.92. The first kappa shape index (κ1) is 28.2. The molecule has 0 saturated carbocycles. The Bertz CT molecular complexity index is 1380. The summed E-state index contributed by atoms with van der Waals surface area (Å²) in [5.41, 5.74) is 5.89. The maximum atomic E-state index is 5.10. The molecule has 0 aliphatic rings. The van der Waals surface area contributed by atoms with E-state index in [1.807, 2.05) is 125 Å². The van der Waals surface area contributed by atoms with Crippen LogP contribution >= 0.6 is 0 Å². The van der Waals surface area contributed by atoms with E-state index < -0.39 is 0 Å². The van der Waals surface area contributed by atoms with Crippen LogP contribution in [0.15, 0.2) is 156 Å². The Morgan fingerprint density at radius 3 is 0.762 bits per heavy atom. The molecule has 5 aromatic rings. The number of para-hydroxylation sites is 4. The van der Waals surface area contributed by atoms with E-state index in [1.165, 1.54) is 0 Å². The minimum Gasteiger partial charge on any atom is -0.315 e. The van der Waals surface area contributed by atoms with Gasteiger partial charge in [0.25, 0.3) is 0 Å². The van der Waals surface area contributed by atoms with Gasteiger partial charge in [-0.05, 0) is 72.8 Å². The lowest BCUT2D eigenvalue weighted by molar-refractivity contribution is 1.13. The average Bonchev–Trinajstić information content (AvgIpc) is 3.07. The van der Waals surface area contributed by atoms with E-state index in [2.05, 4.69) is 68.1 Å². The van der Waals surface area contributed by atoms with Gasteiger partial charge in [0.1, 0.15) is 0 Å². The Morgan fingerprint density at radius 2 is 0.548 bits per heavy atom. The average molecular weight is 553 g/mol. The quantitative estimate of drug-likeness (QED) is 0.157. The number of hydrogen-bond donors (Lipinski definition) is 0. The predicted molar refractivity (Wildman–Crippen MR) is 180 cm³/mol. The van der Waals surface area contributed by atoms with Crippen molar-refractivity contribution in [2.24, 2.45) is 9.98 Å². The fraction of sp³-hybridized carbons (Fsp3) is 0.111. The van der Waals surface area contributed by atoms with Gasteiger partial charge in [0.15, 0.2) is 0 Å². The Kier molecular flexibility index (Phi) is 8.94. The van der Waals surface area contributed by atoms with Crippen molar-refractivity contribution < 1.29 is 0 Å². The van der Waals surface area contributed by atoms with E-state index in [0.717, 1.165) is 46.0 Å². The highest BCUT2D eigenvalue weighted by molar-refractivity contribution is 6.08. The van der Waals surface area contributed by atoms with Gasteiger partial charge in [0.2, 0.25) is 11.9 Å². The smallest absolute Gasteiger partial charge is 0.210 e. The zero-order valence-electron chi connectivity index (χ0n) is 24.5. The van der Waals surface area contributed by atoms with E-state index in [0.29, 0.717) is 0 Å². The topological polar surface area (TPSA) is 37.7 Å². The van der Waals surface area contributed by atoms with Crippen LogP contribution in [0.2, 0.25) is 0 Å². The predicted octanol–water partition coefficient (Wildman–Crippen LogP) is 8.21. The van der Waals surface area contributed by atoms with E-state index in [9.17, 15) is 0 Å². The zero-order chi connectivity index (χ0) is 29.3. The SMILES string of the molecule is CN(C(=Nc1ccc(N=C(N(C)c2ccccc2)N(C)c2ccccc2)cc1)N(C)c1ccccc1)c1ccccc1. The molecule has 0 unspecified atom stereocenters. The lowest BCUT2D eigenvalue weighted by atomic mass is 10.2. The van der Waals surface area contributed by atoms with Crippen LogP contribution in [-0.2, 0) is 0 Å². The highest BCUT2D eigenvalue weighted by Crippen LogP contribution is 2.25. The van der Waals surface area contributed by atoms with Gasteiger partial charge in [-0.2, -0.15) is 0 Å². The summed E-state index contributed by atoms with van der Waals surface area (Å²) >= 11 is 0. The van der Waals surface area contributed by atoms with Crippen molar-refractivity contribution in [2.45, 2.75) is 0 Å². The summed E-state index contributed by atoms with van der Waals surface area (Å²) in [6.07, 6.45) is 0. The molecule has 0 radical (unpaired) electrons. The van der Waals surface area contributed by atoms with Crippen LogP contribution in [0.1, 0.15) is 0 Å². The van der Waals surface area contributed by atoms with E-state index in [4.69, 9.17) is 9.98 Å². The molecule has 0 N–H and O–H groups in total. The molecule has 0 bridgehead atoms. The lowest BCUT2D eigenvalue weighted by Crippen LogP contribution is -2.40. The molecule has 0 spiro atoms. The third kappa shape index (κ3) is 6.67. The normalized spacial score (nSPS) is 10.4. The maximum Gasteiger partial charge on any atom is 0.210 e. The molecule has 0 aliphatic heterocycles. The standard InChI is InChI=1S/C36H36N6/c1-39(31-17-9-5-10-18-31)35(40(2)32-19-11-6-12-20-32)37-29-25-27-30(28-26-29)38-36(41(3)33-21-13-7-14-22-33)42(4)34-23-15-8-16-24-34/h5-28H,1-4H3. The molecule has 0 heterocycles. The number of anilines is 4. The number of guanidine groups is 2. The number of aliphatic imine (C=N–C) groups is 2. The zero-order valence-corrected chi connectivity index (χ0v) is 24.5. The first-order chi connectivity index (χ1) is 20.5. The van der Waals surface area contributed by atoms with Gasteiger partial charge in [-0.1, -0.05) is 72.8 Å². The van der Waals surface area contributed by atoms with Gasteiger partial charge >= 0.3 is 0 Å². The van der Waals surface area contributed by atoms with Gasteiger partial charge in [-0.25, -0.2) is 9.98 Å². The van der Waals surface area contributed by atoms with E-state index in [1.54, 1.807) is 0 Å². The minimum atomic E-state index is 0.803. The Balaban J connectivity index is 1.50. The Labute approximate surface area is 249 Å². The molecule has 42 heavy (non-hydrogen) atoms. The van der Waals surface area contributed by atoms with Gasteiger partial charge < -0.3 is 19.6 Å². The molecule has 6 heteroatoms. The number of benzene rings is 5. The molecule has 0 aromatic heterocycles. The molecule has 0 aliphatic carbocycles. The molecule has 6 nitrogen and oxygen atoms in total. The second kappa shape index (κ2) is 13.3. The van der Waals surface area contributed by atoms with Crippen LogP contribution in [0.25, 0.3) is 0 Å². The van der Waals surface area contributed by atoms with Crippen LogP contribution in [0.5, 0.6) is 0 Å². The number of nitrogens with zero attached hydrogens (tertiary/aromatic N) is 6. The summed E-state index contributed by atoms with van der Waals surface area (Å²) < 4.78 is 0. The molecular formula is C36H36N6. The van der Waals surface area contributed by atoms with Crippen LogP contribution in [-0.4, -0.2) is 40.1 Å². The van der Waals surface area contributed by atoms with Crippen molar-refractivity contribution in [1.82, 2.24) is 0 Å². The molecule has 0 amide bonds. The summed E-state index contributed by atoms with van der Waals surface area (Å²) in [6.45, 7) is 0. The van der Waals surface area contributed by atoms with Gasteiger partial charge in [0, 0.05) is 50.9 Å². The molecule has 0 saturated heterocycles. The summed E-state index contributed by atoms with van der Waals surface area (Å²) in [5.74, 6) is 1.61. The van der Waals surface area contributed by atoms with Gasteiger partial charge in [-0.3, -0.25) is 0 Å². The first-order valence-electron chi connectivity index (χ1n) is 13.9. The van der Waals surface area contributed by atoms with Crippen molar-refractivity contribution in [2.75, 3.05) is 47.8 Å². The van der Waals surface area contributed by atoms with Crippen molar-refractivity contribution in [3.63, 3.8) is 0 Å². The molecular weight excluding hydrogens is 516 g/mol. The van der Waals surface area contributed by atoms with Crippen molar-refractivity contribution in [3.8, 4) is 0 Å². The van der Waals surface area contributed by atoms with Gasteiger partial charge in [-0.15, -0.1) is 0 Å². The summed E-state index contributed by atoms with van der Waals surface area (Å²) in [5, 5.41) is 0. The molecule has 0 atom stereocenters. The van der Waals surface area contributed by atoms with Crippen LogP contribution in [0, 0.1) is 0 Å². The lowest BCUT2D eigenvalue weighted by Gasteiger charge is -2.30. The highest BCUT2D eigenvalue weighted by Gasteiger charge is 2.17. The van der Waals surface area contributed by atoms with E-state index in [-0.39, 0.29) is 0 Å². The monoisotopic (exact) mass is 552 g/mol. The summed E-state index contributed by atoms with van der Waals surface area (Å²) in [4.78, 5) is 18.6. The fourth-order valence-electron chi connectivity index (χ4n) is 4.65. The fourth-order valence-corrected chi connectivity index (χ4v) is 4.65. The third-order valence-corrected chi connectivity index (χ3v) is 7.08. The number of rotatable bonds is 6. The van der Waals surface area contributed by atoms with Crippen LogP contribution in [0.4, 0.5) is 34.1 Å². The van der Waals surface area contributed by atoms with Crippen LogP contribution in [0.3, 0.4) is 0 Å². The van der Waals surface area contributed by atoms with Crippen molar-refractivity contribution in [3.05, 3.63) is 146 Å². The molecule has 0 fully saturated rings. The largest absolute Gasteiger partial charge is 0.315 e. The third-order valence-electron chi connectivity index (χ3n) is 7.08. The summed E-state index contributed by atoms with van der Waals surface area (Å²) in [6, 6.07) is 49.1. The van der Waals surface area contributed by atoms with Crippen molar-refractivity contribution >= 4 is 46.0 Å². The summed E-state index contributed by atoms with van der Waals surface area (Å²) in [7, 11) is 8.16. The molecule has 5 rings (SSSR count). The Hall–Kier alpha value is -5.36. The number of hydrogen-bond acceptors (Lipinski definition) is 2. The van der Waals surface area contributed by atoms with Crippen LogP contribution < -0.4 is 19.6 Å². The van der Waals surface area contributed by atoms with Gasteiger partial charge in [0.05, 0.1) is 11.4 Å². The Morgan fingerprint density at radius 1 is 0.333 bits per heavy atom. The first-order valence-corrected chi connectivity index (χ1v) is 13.9. The minimum absolute atomic E-state index is 0.803.